The fraction of sp³-hybridized carbons (Fsp3) is 0.0182. The zero-order valence-corrected chi connectivity index (χ0v) is 32.3. The Labute approximate surface area is 339 Å². The van der Waals surface area contributed by atoms with E-state index in [9.17, 15) is 0 Å². The Bertz CT molecular complexity index is 3400. The molecule has 276 valence electrons. The van der Waals surface area contributed by atoms with Gasteiger partial charge in [0.15, 0.2) is 0 Å². The largest absolute Gasteiger partial charge is 0.307 e. The smallest absolute Gasteiger partial charge is 0.0754 e. The summed E-state index contributed by atoms with van der Waals surface area (Å²) in [5.74, 6) is 0. The van der Waals surface area contributed by atoms with Gasteiger partial charge in [-0.05, 0) is 61.5 Å². The maximum Gasteiger partial charge on any atom is 0.0754 e. The number of hydrogen-bond acceptors (Lipinski definition) is 0. The second-order valence-electron chi connectivity index (χ2n) is 15.7. The molecule has 0 unspecified atom stereocenters. The number of rotatable bonds is 4. The number of hydrogen-bond donors (Lipinski definition) is 0. The molecule has 0 N–H and O–H groups in total. The van der Waals surface area contributed by atoms with Gasteiger partial charge >= 0.3 is 0 Å². The molecule has 9 aromatic carbocycles. The van der Waals surface area contributed by atoms with Crippen molar-refractivity contribution < 1.29 is 0 Å². The molecule has 0 atom stereocenters. The topological polar surface area (TPSA) is 19.7 Å². The lowest BCUT2D eigenvalue weighted by atomic mass is 10.0. The van der Waals surface area contributed by atoms with Crippen LogP contribution in [0.2, 0.25) is 0 Å². The summed E-state index contributed by atoms with van der Waals surface area (Å²) < 4.78 is 10.1. The van der Waals surface area contributed by atoms with Crippen molar-refractivity contribution in [1.82, 2.24) is 18.3 Å². The molecule has 4 heteroatoms. The molecule has 0 aliphatic carbocycles. The summed E-state index contributed by atoms with van der Waals surface area (Å²) in [6.45, 7) is 2.35. The van der Waals surface area contributed by atoms with Crippen LogP contribution in [0.25, 0.3) is 110 Å². The zero-order valence-electron chi connectivity index (χ0n) is 32.3. The van der Waals surface area contributed by atoms with E-state index in [0.717, 1.165) is 22.7 Å². The fourth-order valence-electron chi connectivity index (χ4n) is 10.4. The molecule has 0 aliphatic heterocycles. The van der Waals surface area contributed by atoms with Crippen LogP contribution in [0.15, 0.2) is 200 Å². The molecule has 4 aromatic heterocycles. The molecule has 0 aliphatic rings. The Morgan fingerprint density at radius 3 is 0.644 bits per heavy atom. The molecule has 0 amide bonds. The van der Waals surface area contributed by atoms with E-state index in [4.69, 9.17) is 0 Å². The average Bonchev–Trinajstić information content (AvgIpc) is 4.02. The van der Waals surface area contributed by atoms with Crippen LogP contribution in [0, 0.1) is 6.92 Å². The first-order valence-electron chi connectivity index (χ1n) is 20.4. The number of nitrogens with zero attached hydrogens (tertiary/aromatic N) is 4. The van der Waals surface area contributed by atoms with Crippen molar-refractivity contribution in [3.05, 3.63) is 206 Å². The minimum Gasteiger partial charge on any atom is -0.307 e. The Morgan fingerprint density at radius 2 is 0.424 bits per heavy atom. The van der Waals surface area contributed by atoms with Crippen molar-refractivity contribution in [2.75, 3.05) is 0 Å². The maximum atomic E-state index is 2.53. The lowest BCUT2D eigenvalue weighted by Gasteiger charge is -2.26. The van der Waals surface area contributed by atoms with Gasteiger partial charge in [-0.3, -0.25) is 0 Å². The van der Waals surface area contributed by atoms with Gasteiger partial charge in [-0.25, -0.2) is 0 Å². The van der Waals surface area contributed by atoms with Crippen molar-refractivity contribution in [2.45, 2.75) is 6.92 Å². The highest BCUT2D eigenvalue weighted by atomic mass is 15.1. The van der Waals surface area contributed by atoms with E-state index in [-0.39, 0.29) is 0 Å². The molecule has 0 fully saturated rings. The average molecular weight is 753 g/mol. The summed E-state index contributed by atoms with van der Waals surface area (Å²) >= 11 is 0. The summed E-state index contributed by atoms with van der Waals surface area (Å²) in [4.78, 5) is 0. The van der Waals surface area contributed by atoms with Crippen LogP contribution in [0.5, 0.6) is 0 Å². The highest BCUT2D eigenvalue weighted by Crippen LogP contribution is 2.46. The van der Waals surface area contributed by atoms with Gasteiger partial charge in [0.1, 0.15) is 0 Å². The van der Waals surface area contributed by atoms with Gasteiger partial charge < -0.3 is 18.3 Å². The summed E-state index contributed by atoms with van der Waals surface area (Å²) in [6, 6.07) is 73.5. The maximum absolute atomic E-state index is 2.53. The van der Waals surface area contributed by atoms with Gasteiger partial charge in [0.05, 0.1) is 66.9 Å². The van der Waals surface area contributed by atoms with Crippen molar-refractivity contribution in [3.63, 3.8) is 0 Å². The van der Waals surface area contributed by atoms with Gasteiger partial charge in [-0.15, -0.1) is 0 Å². The molecule has 0 bridgehead atoms. The lowest BCUT2D eigenvalue weighted by molar-refractivity contribution is 1.02. The van der Waals surface area contributed by atoms with Crippen LogP contribution < -0.4 is 0 Å². The van der Waals surface area contributed by atoms with Crippen molar-refractivity contribution >= 4 is 87.2 Å². The van der Waals surface area contributed by atoms with Crippen molar-refractivity contribution in [2.24, 2.45) is 0 Å². The molecule has 0 spiro atoms. The predicted molar refractivity (Wildman–Crippen MR) is 249 cm³/mol. The summed E-state index contributed by atoms with van der Waals surface area (Å²) in [6.07, 6.45) is 0. The van der Waals surface area contributed by atoms with E-state index in [1.165, 1.54) is 92.8 Å². The van der Waals surface area contributed by atoms with Crippen molar-refractivity contribution in [1.29, 1.82) is 0 Å². The third kappa shape index (κ3) is 4.32. The van der Waals surface area contributed by atoms with E-state index in [2.05, 4.69) is 225 Å². The minimum atomic E-state index is 1.12. The zero-order chi connectivity index (χ0) is 38.8. The SMILES string of the molecule is Cc1c(-n2c3ccccc3c3ccccc32)c(-n2c3ccccc3c3ccccc32)cc(-n2c3ccccc3c3ccccc32)c1-n1c2ccccc2c2ccccc21. The number of para-hydroxylation sites is 8. The first-order chi connectivity index (χ1) is 29.3. The van der Waals surface area contributed by atoms with Gasteiger partial charge in [0, 0.05) is 48.7 Å². The Hall–Kier alpha value is -7.82. The minimum absolute atomic E-state index is 1.12. The van der Waals surface area contributed by atoms with E-state index < -0.39 is 0 Å². The van der Waals surface area contributed by atoms with Gasteiger partial charge in [0.25, 0.3) is 0 Å². The molecular formula is C55H36N4. The molecule has 0 radical (unpaired) electrons. The third-order valence-electron chi connectivity index (χ3n) is 12.7. The van der Waals surface area contributed by atoms with Crippen molar-refractivity contribution in [3.8, 4) is 22.7 Å². The number of aromatic nitrogens is 4. The van der Waals surface area contributed by atoms with Gasteiger partial charge in [-0.1, -0.05) is 146 Å². The standard InChI is InChI=1S/C55H36N4/c1-35-54(58-48-30-14-6-22-40(48)41-23-7-15-31-49(41)58)52(56-44-26-10-2-18-36(44)37-19-3-11-27-45(37)56)34-53(57-46-28-12-4-20-38(46)39-21-5-13-29-47(39)57)55(35)59-50-32-16-8-24-42(50)43-25-9-17-33-51(43)59/h2-34H,1H3. The Kier molecular flexibility index (Phi) is 6.62. The predicted octanol–water partition coefficient (Wildman–Crippen LogP) is 14.4. The van der Waals surface area contributed by atoms with E-state index in [1.807, 2.05) is 0 Å². The van der Waals surface area contributed by atoms with Crippen LogP contribution in [-0.4, -0.2) is 18.3 Å². The molecule has 59 heavy (non-hydrogen) atoms. The Balaban J connectivity index is 1.33. The molecule has 4 heterocycles. The van der Waals surface area contributed by atoms with Gasteiger partial charge in [-0.2, -0.15) is 0 Å². The van der Waals surface area contributed by atoms with E-state index in [1.54, 1.807) is 0 Å². The third-order valence-corrected chi connectivity index (χ3v) is 12.7. The summed E-state index contributed by atoms with van der Waals surface area (Å²) in [7, 11) is 0. The fourth-order valence-corrected chi connectivity index (χ4v) is 10.4. The summed E-state index contributed by atoms with van der Waals surface area (Å²) in [5.41, 5.74) is 15.1. The van der Waals surface area contributed by atoms with Crippen LogP contribution in [-0.2, 0) is 0 Å². The first-order valence-corrected chi connectivity index (χ1v) is 20.4. The van der Waals surface area contributed by atoms with Crippen LogP contribution >= 0.6 is 0 Å². The second-order valence-corrected chi connectivity index (χ2v) is 15.7. The van der Waals surface area contributed by atoms with E-state index >= 15 is 0 Å². The lowest BCUT2D eigenvalue weighted by Crippen LogP contribution is -2.13. The molecule has 13 aromatic rings. The molecule has 4 nitrogen and oxygen atoms in total. The highest BCUT2D eigenvalue weighted by Gasteiger charge is 2.28. The van der Waals surface area contributed by atoms with Crippen LogP contribution in [0.4, 0.5) is 0 Å². The van der Waals surface area contributed by atoms with Crippen LogP contribution in [0.1, 0.15) is 5.56 Å². The normalized spacial score (nSPS) is 12.2. The highest BCUT2D eigenvalue weighted by molar-refractivity contribution is 6.14. The second kappa shape index (κ2) is 12.1. The quantitative estimate of drug-likeness (QED) is 0.171. The Morgan fingerprint density at radius 1 is 0.237 bits per heavy atom. The molecule has 13 rings (SSSR count). The monoisotopic (exact) mass is 752 g/mol. The molecule has 0 saturated heterocycles. The van der Waals surface area contributed by atoms with E-state index in [0.29, 0.717) is 0 Å². The number of benzene rings is 9. The summed E-state index contributed by atoms with van der Waals surface area (Å²) in [5, 5.41) is 9.89. The van der Waals surface area contributed by atoms with Crippen LogP contribution in [0.3, 0.4) is 0 Å². The number of fused-ring (bicyclic) bond motifs is 12. The first kappa shape index (κ1) is 32.3. The molecule has 0 saturated carbocycles. The molecular weight excluding hydrogens is 717 g/mol. The van der Waals surface area contributed by atoms with Gasteiger partial charge in [0.2, 0.25) is 0 Å².